The maximum Gasteiger partial charge on any atom is 0.242 e. The summed E-state index contributed by atoms with van der Waals surface area (Å²) < 4.78 is 5.50. The first kappa shape index (κ1) is 19.3. The van der Waals surface area contributed by atoms with Gasteiger partial charge < -0.3 is 19.6 Å². The fourth-order valence-electron chi connectivity index (χ4n) is 3.98. The van der Waals surface area contributed by atoms with Crippen molar-refractivity contribution in [2.75, 3.05) is 20.6 Å². The molecular formula is C22H26N4O3. The average Bonchev–Trinajstić information content (AvgIpc) is 3.44. The molecule has 0 aliphatic carbocycles. The molecule has 2 atom stereocenters. The summed E-state index contributed by atoms with van der Waals surface area (Å²) in [7, 11) is 3.89. The molecule has 7 heteroatoms. The Kier molecular flexibility index (Phi) is 5.40. The molecule has 2 unspecified atom stereocenters. The number of carbonyl (C=O) groups excluding carboxylic acids is 2. The van der Waals surface area contributed by atoms with E-state index in [0.717, 1.165) is 22.2 Å². The van der Waals surface area contributed by atoms with E-state index >= 15 is 0 Å². The third kappa shape index (κ3) is 3.91. The molecule has 0 saturated carbocycles. The van der Waals surface area contributed by atoms with Gasteiger partial charge >= 0.3 is 0 Å². The smallest absolute Gasteiger partial charge is 0.242 e. The lowest BCUT2D eigenvalue weighted by molar-refractivity contribution is -0.135. The summed E-state index contributed by atoms with van der Waals surface area (Å²) in [6, 6.07) is 11.2. The normalized spacial score (nSPS) is 18.0. The maximum atomic E-state index is 12.9. The molecule has 7 nitrogen and oxygen atoms in total. The van der Waals surface area contributed by atoms with Crippen molar-refractivity contribution in [1.82, 2.24) is 20.1 Å². The number of likely N-dealkylation sites (tertiary alicyclic amines) is 1. The second-order valence-corrected chi connectivity index (χ2v) is 7.68. The van der Waals surface area contributed by atoms with Gasteiger partial charge in [-0.2, -0.15) is 0 Å². The summed E-state index contributed by atoms with van der Waals surface area (Å²) in [5, 5.41) is 4.10. The van der Waals surface area contributed by atoms with E-state index in [9.17, 15) is 9.59 Å². The van der Waals surface area contributed by atoms with Crippen LogP contribution in [0.1, 0.15) is 30.2 Å². The molecule has 0 spiro atoms. The molecule has 1 aromatic carbocycles. The zero-order chi connectivity index (χ0) is 20.4. The lowest BCUT2D eigenvalue weighted by Crippen LogP contribution is -2.46. The van der Waals surface area contributed by atoms with Crippen molar-refractivity contribution < 1.29 is 14.0 Å². The van der Waals surface area contributed by atoms with Crippen molar-refractivity contribution in [3.8, 4) is 0 Å². The quantitative estimate of drug-likeness (QED) is 0.646. The highest BCUT2D eigenvalue weighted by Gasteiger charge is 2.36. The molecule has 0 radical (unpaired) electrons. The van der Waals surface area contributed by atoms with Crippen molar-refractivity contribution in [3.05, 3.63) is 60.2 Å². The summed E-state index contributed by atoms with van der Waals surface area (Å²) in [4.78, 5) is 32.4. The first-order valence-corrected chi connectivity index (χ1v) is 9.86. The van der Waals surface area contributed by atoms with E-state index in [1.54, 1.807) is 11.2 Å². The summed E-state index contributed by atoms with van der Waals surface area (Å²) in [5.41, 5.74) is 2.05. The highest BCUT2D eigenvalue weighted by atomic mass is 16.3. The van der Waals surface area contributed by atoms with Crippen LogP contribution < -0.4 is 5.32 Å². The topological polar surface area (TPSA) is 81.6 Å². The van der Waals surface area contributed by atoms with E-state index in [1.807, 2.05) is 61.6 Å². The van der Waals surface area contributed by atoms with E-state index in [0.29, 0.717) is 25.9 Å². The van der Waals surface area contributed by atoms with Crippen molar-refractivity contribution in [2.45, 2.75) is 31.5 Å². The Labute approximate surface area is 169 Å². The van der Waals surface area contributed by atoms with Crippen molar-refractivity contribution in [3.63, 3.8) is 0 Å². The zero-order valence-electron chi connectivity index (χ0n) is 16.7. The van der Waals surface area contributed by atoms with Crippen LogP contribution in [0.15, 0.2) is 53.3 Å². The number of benzene rings is 1. The maximum absolute atomic E-state index is 12.9. The molecule has 2 N–H and O–H groups in total. The molecule has 3 aromatic rings. The minimum Gasteiger partial charge on any atom is -0.468 e. The number of aromatic nitrogens is 1. The van der Waals surface area contributed by atoms with Crippen LogP contribution in [-0.4, -0.2) is 53.3 Å². The highest BCUT2D eigenvalue weighted by molar-refractivity contribution is 5.91. The van der Waals surface area contributed by atoms with Gasteiger partial charge in [-0.25, -0.2) is 0 Å². The van der Waals surface area contributed by atoms with Crippen LogP contribution in [0.2, 0.25) is 0 Å². The van der Waals surface area contributed by atoms with Gasteiger partial charge in [-0.15, -0.1) is 0 Å². The number of hydrogen-bond donors (Lipinski definition) is 2. The Morgan fingerprint density at radius 2 is 2.14 bits per heavy atom. The van der Waals surface area contributed by atoms with Gasteiger partial charge in [-0.3, -0.25) is 14.5 Å². The van der Waals surface area contributed by atoms with Crippen LogP contribution in [0.25, 0.3) is 10.9 Å². The van der Waals surface area contributed by atoms with Crippen molar-refractivity contribution in [1.29, 1.82) is 0 Å². The third-order valence-electron chi connectivity index (χ3n) is 5.61. The Balaban J connectivity index is 1.45. The number of amides is 2. The zero-order valence-corrected chi connectivity index (χ0v) is 16.7. The van der Waals surface area contributed by atoms with Gasteiger partial charge in [0.05, 0.1) is 12.3 Å². The summed E-state index contributed by atoms with van der Waals surface area (Å²) in [6.07, 6.45) is 4.49. The molecular weight excluding hydrogens is 368 g/mol. The monoisotopic (exact) mass is 394 g/mol. The number of furan rings is 1. The highest BCUT2D eigenvalue weighted by Crippen LogP contribution is 2.26. The van der Waals surface area contributed by atoms with Crippen molar-refractivity contribution >= 4 is 22.7 Å². The second-order valence-electron chi connectivity index (χ2n) is 7.68. The summed E-state index contributed by atoms with van der Waals surface area (Å²) >= 11 is 0. The minimum absolute atomic E-state index is 0.0191. The molecule has 0 bridgehead atoms. The standard InChI is InChI=1S/C22H26N4O3/c1-25(2)19(20-8-5-11-29-20)13-24-22(28)18-9-10-21(27)26(18)14-15-12-23-17-7-4-3-6-16(15)17/h3-8,11-12,18-19,23H,9-10,13-14H2,1-2H3,(H,24,28). The van der Waals surface area contributed by atoms with Gasteiger partial charge in [0.15, 0.2) is 0 Å². The first-order chi connectivity index (χ1) is 14.0. The van der Waals surface area contributed by atoms with Crippen LogP contribution in [0.3, 0.4) is 0 Å². The number of fused-ring (bicyclic) bond motifs is 1. The molecule has 1 aliphatic rings. The van der Waals surface area contributed by atoms with Crippen LogP contribution in [0.4, 0.5) is 0 Å². The Morgan fingerprint density at radius 3 is 2.90 bits per heavy atom. The van der Waals surface area contributed by atoms with E-state index in [1.165, 1.54) is 0 Å². The van der Waals surface area contributed by atoms with Gasteiger partial charge in [0.1, 0.15) is 11.8 Å². The molecule has 2 aromatic heterocycles. The number of H-pyrrole nitrogens is 1. The molecule has 1 aliphatic heterocycles. The molecule has 3 heterocycles. The predicted molar refractivity (Wildman–Crippen MR) is 110 cm³/mol. The second kappa shape index (κ2) is 8.13. The van der Waals surface area contributed by atoms with Gasteiger partial charge in [-0.1, -0.05) is 18.2 Å². The number of hydrogen-bond acceptors (Lipinski definition) is 4. The largest absolute Gasteiger partial charge is 0.468 e. The Morgan fingerprint density at radius 1 is 1.31 bits per heavy atom. The molecule has 2 amide bonds. The van der Waals surface area contributed by atoms with Crippen molar-refractivity contribution in [2.24, 2.45) is 0 Å². The summed E-state index contributed by atoms with van der Waals surface area (Å²) in [6.45, 7) is 0.848. The van der Waals surface area contributed by atoms with E-state index in [2.05, 4.69) is 10.3 Å². The van der Waals surface area contributed by atoms with Gasteiger partial charge in [0.25, 0.3) is 0 Å². The third-order valence-corrected chi connectivity index (χ3v) is 5.61. The molecule has 29 heavy (non-hydrogen) atoms. The fraction of sp³-hybridized carbons (Fsp3) is 0.364. The van der Waals surface area contributed by atoms with Crippen LogP contribution in [-0.2, 0) is 16.1 Å². The van der Waals surface area contributed by atoms with E-state index in [4.69, 9.17) is 4.42 Å². The molecule has 1 fully saturated rings. The van der Waals surface area contributed by atoms with Gasteiger partial charge in [-0.05, 0) is 44.3 Å². The molecule has 4 rings (SSSR count). The predicted octanol–water partition coefficient (Wildman–Crippen LogP) is 2.67. The van der Waals surface area contributed by atoms with Crippen LogP contribution >= 0.6 is 0 Å². The summed E-state index contributed by atoms with van der Waals surface area (Å²) in [5.74, 6) is 0.702. The van der Waals surface area contributed by atoms with E-state index in [-0.39, 0.29) is 17.9 Å². The molecule has 152 valence electrons. The SMILES string of the molecule is CN(C)C(CNC(=O)C1CCC(=O)N1Cc1c[nH]c2ccccc12)c1ccco1. The number of likely N-dealkylation sites (N-methyl/N-ethyl adjacent to an activating group) is 1. The van der Waals surface area contributed by atoms with Crippen LogP contribution in [0, 0.1) is 0 Å². The van der Waals surface area contributed by atoms with Crippen LogP contribution in [0.5, 0.6) is 0 Å². The average molecular weight is 394 g/mol. The number of carbonyl (C=O) groups is 2. The lowest BCUT2D eigenvalue weighted by atomic mass is 10.1. The minimum atomic E-state index is -0.449. The number of para-hydroxylation sites is 1. The van der Waals surface area contributed by atoms with Gasteiger partial charge in [0.2, 0.25) is 11.8 Å². The Hall–Kier alpha value is -3.06. The molecule has 1 saturated heterocycles. The Bertz CT molecular complexity index is 993. The van der Waals surface area contributed by atoms with Gasteiger partial charge in [0, 0.05) is 36.6 Å². The fourth-order valence-corrected chi connectivity index (χ4v) is 3.98. The number of nitrogens with zero attached hydrogens (tertiary/aromatic N) is 2. The number of rotatable bonds is 7. The van der Waals surface area contributed by atoms with E-state index < -0.39 is 6.04 Å². The lowest BCUT2D eigenvalue weighted by Gasteiger charge is -2.26. The number of nitrogens with one attached hydrogen (secondary N) is 2. The first-order valence-electron chi connectivity index (χ1n) is 9.86. The number of aromatic amines is 1.